The predicted molar refractivity (Wildman–Crippen MR) is 106 cm³/mol. The lowest BCUT2D eigenvalue weighted by Crippen LogP contribution is -2.40. The van der Waals surface area contributed by atoms with Gasteiger partial charge in [0.2, 0.25) is 0 Å². The summed E-state index contributed by atoms with van der Waals surface area (Å²) in [6, 6.07) is 5.28. The number of halogens is 1. The van der Waals surface area contributed by atoms with Gasteiger partial charge in [-0.2, -0.15) is 0 Å². The van der Waals surface area contributed by atoms with E-state index in [1.807, 2.05) is 13.0 Å². The fourth-order valence-electron chi connectivity index (χ4n) is 4.11. The molecule has 25 heavy (non-hydrogen) atoms. The van der Waals surface area contributed by atoms with Crippen LogP contribution in [0.4, 0.5) is 4.39 Å². The molecule has 0 aromatic heterocycles. The normalized spacial score (nSPS) is 22.0. The molecule has 1 aromatic carbocycles. The van der Waals surface area contributed by atoms with Crippen LogP contribution in [0.15, 0.2) is 53.6 Å². The van der Waals surface area contributed by atoms with Gasteiger partial charge in [-0.3, -0.25) is 4.90 Å². The molecule has 1 atom stereocenters. The van der Waals surface area contributed by atoms with E-state index in [1.165, 1.54) is 17.6 Å². The summed E-state index contributed by atoms with van der Waals surface area (Å²) in [5, 5.41) is 0. The lowest BCUT2D eigenvalue weighted by Gasteiger charge is -2.36. The van der Waals surface area contributed by atoms with Gasteiger partial charge in [0.25, 0.3) is 0 Å². The minimum absolute atomic E-state index is 0.0607. The zero-order chi connectivity index (χ0) is 18.8. The number of allylic oxidation sites excluding steroid dienone is 3. The molecule has 0 saturated carbocycles. The number of benzene rings is 1. The van der Waals surface area contributed by atoms with Gasteiger partial charge < -0.3 is 0 Å². The predicted octanol–water partition coefficient (Wildman–Crippen LogP) is 6.00. The van der Waals surface area contributed by atoms with Crippen molar-refractivity contribution in [2.45, 2.75) is 58.9 Å². The Balaban J connectivity index is 2.27. The van der Waals surface area contributed by atoms with Crippen LogP contribution in [-0.4, -0.2) is 24.0 Å². The van der Waals surface area contributed by atoms with Crippen molar-refractivity contribution in [1.82, 2.24) is 4.90 Å². The molecule has 2 rings (SSSR count). The molecule has 0 spiro atoms. The number of aryl methyl sites for hydroxylation is 1. The van der Waals surface area contributed by atoms with Crippen molar-refractivity contribution < 1.29 is 4.39 Å². The summed E-state index contributed by atoms with van der Waals surface area (Å²) in [5.41, 5.74) is 6.51. The number of likely N-dealkylation sites (N-methyl/N-ethyl adjacent to an activating group) is 1. The highest BCUT2D eigenvalue weighted by molar-refractivity contribution is 5.49. The molecular formula is C23H32FN. The van der Waals surface area contributed by atoms with E-state index in [9.17, 15) is 4.39 Å². The molecule has 1 unspecified atom stereocenters. The van der Waals surface area contributed by atoms with E-state index in [-0.39, 0.29) is 11.4 Å². The molecule has 1 fully saturated rings. The molecule has 1 aliphatic rings. The summed E-state index contributed by atoms with van der Waals surface area (Å²) in [4.78, 5) is 2.43. The summed E-state index contributed by atoms with van der Waals surface area (Å²) in [6.07, 6.45) is 3.80. The van der Waals surface area contributed by atoms with E-state index in [2.05, 4.69) is 45.9 Å². The first-order chi connectivity index (χ1) is 11.7. The Labute approximate surface area is 152 Å². The van der Waals surface area contributed by atoms with Crippen LogP contribution in [0.5, 0.6) is 0 Å². The van der Waals surface area contributed by atoms with Gasteiger partial charge in [0, 0.05) is 5.54 Å². The molecule has 0 aliphatic carbocycles. The van der Waals surface area contributed by atoms with E-state index in [1.54, 1.807) is 12.1 Å². The molecule has 136 valence electrons. The molecule has 1 aromatic rings. The van der Waals surface area contributed by atoms with Crippen molar-refractivity contribution in [3.05, 3.63) is 70.6 Å². The molecule has 1 aliphatic heterocycles. The second-order valence-electron chi connectivity index (χ2n) is 7.72. The molecule has 0 N–H and O–H groups in total. The quantitative estimate of drug-likeness (QED) is 0.574. The van der Waals surface area contributed by atoms with Gasteiger partial charge in [0.05, 0.1) is 0 Å². The van der Waals surface area contributed by atoms with Crippen LogP contribution >= 0.6 is 0 Å². The van der Waals surface area contributed by atoms with E-state index in [4.69, 9.17) is 0 Å². The van der Waals surface area contributed by atoms with Gasteiger partial charge in [-0.15, -0.1) is 0 Å². The van der Waals surface area contributed by atoms with Crippen LogP contribution in [0.25, 0.3) is 0 Å². The number of hydrogen-bond acceptors (Lipinski definition) is 1. The second kappa shape index (κ2) is 7.70. The summed E-state index contributed by atoms with van der Waals surface area (Å²) in [6.45, 7) is 18.2. The molecule has 0 amide bonds. The molecule has 0 radical (unpaired) electrons. The first-order valence-electron chi connectivity index (χ1n) is 9.19. The Morgan fingerprint density at radius 3 is 2.48 bits per heavy atom. The number of hydrogen-bond donors (Lipinski definition) is 0. The monoisotopic (exact) mass is 341 g/mol. The SMILES string of the molecule is C=C(C)/C(C(=C)CCc1c(C)cccc1F)=C(\C)C1(C)CCCN1C. The summed E-state index contributed by atoms with van der Waals surface area (Å²) in [5.74, 6) is -0.118. The standard InChI is InChI=1S/C23H32FN/c1-16(2)22(19(5)23(6)14-9-15-25(23)7)18(4)12-13-20-17(3)10-8-11-21(20)24/h8,10-11H,1,4,9,12-15H2,2-3,5-7H3/b22-19-. The van der Waals surface area contributed by atoms with Gasteiger partial charge in [0.1, 0.15) is 5.82 Å². The zero-order valence-electron chi connectivity index (χ0n) is 16.5. The van der Waals surface area contributed by atoms with Crippen LogP contribution < -0.4 is 0 Å². The van der Waals surface area contributed by atoms with Gasteiger partial charge in [-0.05, 0) is 101 Å². The van der Waals surface area contributed by atoms with E-state index in [0.29, 0.717) is 6.42 Å². The third kappa shape index (κ3) is 3.95. The van der Waals surface area contributed by atoms with Gasteiger partial charge in [0.15, 0.2) is 0 Å². The lowest BCUT2D eigenvalue weighted by atomic mass is 9.81. The maximum absolute atomic E-state index is 14.1. The van der Waals surface area contributed by atoms with Crippen molar-refractivity contribution in [1.29, 1.82) is 0 Å². The van der Waals surface area contributed by atoms with Gasteiger partial charge >= 0.3 is 0 Å². The Kier molecular flexibility index (Phi) is 6.05. The van der Waals surface area contributed by atoms with Crippen molar-refractivity contribution in [2.75, 3.05) is 13.6 Å². The Morgan fingerprint density at radius 2 is 1.96 bits per heavy atom. The summed E-state index contributed by atoms with van der Waals surface area (Å²) in [7, 11) is 2.19. The van der Waals surface area contributed by atoms with Crippen molar-refractivity contribution in [3.8, 4) is 0 Å². The molecule has 0 bridgehead atoms. The molecule has 1 saturated heterocycles. The van der Waals surface area contributed by atoms with E-state index in [0.717, 1.165) is 41.7 Å². The number of nitrogens with zero attached hydrogens (tertiary/aromatic N) is 1. The Hall–Kier alpha value is -1.67. The maximum Gasteiger partial charge on any atom is 0.126 e. The Bertz CT molecular complexity index is 693. The summed E-state index contributed by atoms with van der Waals surface area (Å²) >= 11 is 0. The summed E-state index contributed by atoms with van der Waals surface area (Å²) < 4.78 is 14.1. The number of rotatable bonds is 6. The minimum atomic E-state index is -0.118. The number of likely N-dealkylation sites (tertiary alicyclic amines) is 1. The molecule has 2 heteroatoms. The maximum atomic E-state index is 14.1. The Morgan fingerprint density at radius 1 is 1.28 bits per heavy atom. The first-order valence-corrected chi connectivity index (χ1v) is 9.19. The molecular weight excluding hydrogens is 309 g/mol. The van der Waals surface area contributed by atoms with Crippen molar-refractivity contribution in [2.24, 2.45) is 0 Å². The highest BCUT2D eigenvalue weighted by Crippen LogP contribution is 2.39. The third-order valence-corrected chi connectivity index (χ3v) is 5.99. The average Bonchev–Trinajstić information content (AvgIpc) is 2.87. The lowest BCUT2D eigenvalue weighted by molar-refractivity contribution is 0.236. The molecule has 1 heterocycles. The van der Waals surface area contributed by atoms with Gasteiger partial charge in [-0.1, -0.05) is 30.9 Å². The van der Waals surface area contributed by atoms with Crippen molar-refractivity contribution in [3.63, 3.8) is 0 Å². The van der Waals surface area contributed by atoms with Crippen LogP contribution in [0.1, 0.15) is 51.2 Å². The fourth-order valence-corrected chi connectivity index (χ4v) is 4.11. The fraction of sp³-hybridized carbons (Fsp3) is 0.478. The van der Waals surface area contributed by atoms with Crippen LogP contribution in [0, 0.1) is 12.7 Å². The topological polar surface area (TPSA) is 3.24 Å². The zero-order valence-corrected chi connectivity index (χ0v) is 16.5. The molecule has 1 nitrogen and oxygen atoms in total. The van der Waals surface area contributed by atoms with Crippen LogP contribution in [0.2, 0.25) is 0 Å². The van der Waals surface area contributed by atoms with Crippen LogP contribution in [-0.2, 0) is 6.42 Å². The highest BCUT2D eigenvalue weighted by Gasteiger charge is 2.37. The second-order valence-corrected chi connectivity index (χ2v) is 7.72. The largest absolute Gasteiger partial charge is 0.297 e. The van der Waals surface area contributed by atoms with E-state index >= 15 is 0 Å². The smallest absolute Gasteiger partial charge is 0.126 e. The average molecular weight is 342 g/mol. The third-order valence-electron chi connectivity index (χ3n) is 5.99. The van der Waals surface area contributed by atoms with Crippen molar-refractivity contribution >= 4 is 0 Å². The highest BCUT2D eigenvalue weighted by atomic mass is 19.1. The van der Waals surface area contributed by atoms with E-state index < -0.39 is 0 Å². The minimum Gasteiger partial charge on any atom is -0.297 e. The first kappa shape index (κ1) is 19.7. The van der Waals surface area contributed by atoms with Crippen LogP contribution in [0.3, 0.4) is 0 Å². The van der Waals surface area contributed by atoms with Gasteiger partial charge in [-0.25, -0.2) is 4.39 Å².